The van der Waals surface area contributed by atoms with Crippen molar-refractivity contribution >= 4 is 17.5 Å². The molecule has 3 aliphatic rings. The molecule has 4 heterocycles. The lowest BCUT2D eigenvalue weighted by atomic mass is 10.0. The molecule has 0 atom stereocenters. The van der Waals surface area contributed by atoms with Gasteiger partial charge in [-0.25, -0.2) is 4.98 Å². The van der Waals surface area contributed by atoms with Crippen LogP contribution in [-0.4, -0.2) is 99.4 Å². The molecule has 3 aliphatic heterocycles. The van der Waals surface area contributed by atoms with Crippen LogP contribution in [-0.2, 0) is 11.3 Å². The lowest BCUT2D eigenvalue weighted by molar-refractivity contribution is 0.0908. The summed E-state index contributed by atoms with van der Waals surface area (Å²) in [6.07, 6.45) is 5.59. The average Bonchev–Trinajstić information content (AvgIpc) is 3.23. The Labute approximate surface area is 198 Å². The number of hydrogen-bond donors (Lipinski definition) is 3. The van der Waals surface area contributed by atoms with E-state index in [2.05, 4.69) is 25.3 Å². The van der Waals surface area contributed by atoms with Crippen molar-refractivity contribution in [2.24, 2.45) is 5.73 Å². The maximum Gasteiger partial charge on any atom is 0.255 e. The van der Waals surface area contributed by atoms with Gasteiger partial charge in [-0.3, -0.25) is 4.79 Å². The van der Waals surface area contributed by atoms with Crippen LogP contribution in [0.5, 0.6) is 0 Å². The standard InChI is InChI=1S/C24H41N7O2/c1-26-22-19(18-25)17-21(23(28-22)31-9-4-15-33-16-14-31)24(32)27-20-5-10-30(11-6-20)13-12-29-7-2-3-8-29/h17,20H,2-16,18,25H2,1H3,(H,26,28)(H,27,32). The second-order valence-corrected chi connectivity index (χ2v) is 9.41. The molecule has 9 heteroatoms. The molecule has 4 N–H and O–H groups in total. The van der Waals surface area contributed by atoms with Crippen LogP contribution in [0.3, 0.4) is 0 Å². The molecular formula is C24H41N7O2. The molecule has 0 unspecified atom stereocenters. The Balaban J connectivity index is 1.39. The van der Waals surface area contributed by atoms with E-state index in [1.54, 1.807) is 0 Å². The van der Waals surface area contributed by atoms with E-state index in [9.17, 15) is 4.79 Å². The fourth-order valence-corrected chi connectivity index (χ4v) is 5.14. The number of nitrogens with zero attached hydrogens (tertiary/aromatic N) is 4. The number of piperidine rings is 1. The van der Waals surface area contributed by atoms with Gasteiger partial charge in [0, 0.05) is 71.1 Å². The van der Waals surface area contributed by atoms with Gasteiger partial charge in [0.2, 0.25) is 0 Å². The summed E-state index contributed by atoms with van der Waals surface area (Å²) in [6.45, 7) is 10.2. The number of aromatic nitrogens is 1. The van der Waals surface area contributed by atoms with Crippen LogP contribution < -0.4 is 21.3 Å². The van der Waals surface area contributed by atoms with Crippen molar-refractivity contribution in [2.75, 3.05) is 82.8 Å². The van der Waals surface area contributed by atoms with Crippen LogP contribution in [0.15, 0.2) is 6.07 Å². The Morgan fingerprint density at radius 3 is 2.48 bits per heavy atom. The Morgan fingerprint density at radius 2 is 1.79 bits per heavy atom. The molecule has 33 heavy (non-hydrogen) atoms. The van der Waals surface area contributed by atoms with Gasteiger partial charge in [-0.05, 0) is 51.3 Å². The molecule has 0 aromatic carbocycles. The summed E-state index contributed by atoms with van der Waals surface area (Å²) in [6, 6.07) is 2.12. The first-order valence-electron chi connectivity index (χ1n) is 12.7. The van der Waals surface area contributed by atoms with Crippen molar-refractivity contribution in [1.29, 1.82) is 0 Å². The van der Waals surface area contributed by atoms with E-state index in [1.165, 1.54) is 32.5 Å². The Hall–Kier alpha value is -1.94. The topological polar surface area (TPSA) is 99.0 Å². The van der Waals surface area contributed by atoms with E-state index in [0.717, 1.165) is 75.8 Å². The zero-order valence-corrected chi connectivity index (χ0v) is 20.2. The number of pyridine rings is 1. The van der Waals surface area contributed by atoms with Gasteiger partial charge >= 0.3 is 0 Å². The number of carbonyl (C=O) groups excluding carboxylic acids is 1. The summed E-state index contributed by atoms with van der Waals surface area (Å²) in [5.41, 5.74) is 7.44. The first-order valence-corrected chi connectivity index (χ1v) is 12.7. The van der Waals surface area contributed by atoms with Crippen molar-refractivity contribution < 1.29 is 9.53 Å². The van der Waals surface area contributed by atoms with Crippen LogP contribution in [0.1, 0.15) is 48.0 Å². The van der Waals surface area contributed by atoms with E-state index in [1.807, 2.05) is 13.1 Å². The Bertz CT molecular complexity index is 768. The van der Waals surface area contributed by atoms with Crippen molar-refractivity contribution in [1.82, 2.24) is 20.1 Å². The monoisotopic (exact) mass is 459 g/mol. The van der Waals surface area contributed by atoms with Crippen molar-refractivity contribution in [3.05, 3.63) is 17.2 Å². The molecule has 1 aromatic rings. The quantitative estimate of drug-likeness (QED) is 0.532. The predicted molar refractivity (Wildman–Crippen MR) is 132 cm³/mol. The number of rotatable bonds is 8. The predicted octanol–water partition coefficient (Wildman–Crippen LogP) is 1.10. The van der Waals surface area contributed by atoms with Gasteiger partial charge in [0.1, 0.15) is 11.6 Å². The van der Waals surface area contributed by atoms with Crippen LogP contribution >= 0.6 is 0 Å². The third-order valence-electron chi connectivity index (χ3n) is 7.16. The summed E-state index contributed by atoms with van der Waals surface area (Å²) in [5.74, 6) is 1.42. The molecule has 0 bridgehead atoms. The molecule has 3 fully saturated rings. The van der Waals surface area contributed by atoms with Gasteiger partial charge in [0.05, 0.1) is 12.2 Å². The van der Waals surface area contributed by atoms with E-state index in [-0.39, 0.29) is 11.9 Å². The smallest absolute Gasteiger partial charge is 0.255 e. The lowest BCUT2D eigenvalue weighted by Crippen LogP contribution is -2.46. The molecule has 3 saturated heterocycles. The van der Waals surface area contributed by atoms with Crippen LogP contribution in [0, 0.1) is 0 Å². The maximum absolute atomic E-state index is 13.4. The van der Waals surface area contributed by atoms with Crippen LogP contribution in [0.25, 0.3) is 0 Å². The van der Waals surface area contributed by atoms with Crippen molar-refractivity contribution in [3.63, 3.8) is 0 Å². The fourth-order valence-electron chi connectivity index (χ4n) is 5.14. The molecular weight excluding hydrogens is 418 g/mol. The molecule has 9 nitrogen and oxygen atoms in total. The first kappa shape index (κ1) is 24.2. The molecule has 1 aromatic heterocycles. The van der Waals surface area contributed by atoms with E-state index in [0.29, 0.717) is 18.7 Å². The van der Waals surface area contributed by atoms with Crippen LogP contribution in [0.4, 0.5) is 11.6 Å². The minimum Gasteiger partial charge on any atom is -0.380 e. The number of nitrogens with two attached hydrogens (primary N) is 1. The Kier molecular flexibility index (Phi) is 8.77. The summed E-state index contributed by atoms with van der Waals surface area (Å²) >= 11 is 0. The molecule has 0 spiro atoms. The highest BCUT2D eigenvalue weighted by Crippen LogP contribution is 2.26. The molecule has 0 radical (unpaired) electrons. The molecule has 0 aliphatic carbocycles. The number of carbonyl (C=O) groups is 1. The highest BCUT2D eigenvalue weighted by atomic mass is 16.5. The summed E-state index contributed by atoms with van der Waals surface area (Å²) < 4.78 is 5.62. The lowest BCUT2D eigenvalue weighted by Gasteiger charge is -2.33. The van der Waals surface area contributed by atoms with Crippen molar-refractivity contribution in [3.8, 4) is 0 Å². The summed E-state index contributed by atoms with van der Waals surface area (Å²) in [7, 11) is 1.84. The van der Waals surface area contributed by atoms with E-state index < -0.39 is 0 Å². The summed E-state index contributed by atoms with van der Waals surface area (Å²) in [5, 5.41) is 6.44. The molecule has 1 amide bonds. The van der Waals surface area contributed by atoms with Crippen molar-refractivity contribution in [2.45, 2.75) is 44.7 Å². The highest BCUT2D eigenvalue weighted by molar-refractivity contribution is 5.99. The number of anilines is 2. The van der Waals surface area contributed by atoms with E-state index >= 15 is 0 Å². The minimum absolute atomic E-state index is 0.0458. The van der Waals surface area contributed by atoms with Gasteiger partial charge < -0.3 is 35.8 Å². The molecule has 0 saturated carbocycles. The Morgan fingerprint density at radius 1 is 1.06 bits per heavy atom. The minimum atomic E-state index is -0.0458. The largest absolute Gasteiger partial charge is 0.380 e. The zero-order valence-electron chi connectivity index (χ0n) is 20.2. The average molecular weight is 460 g/mol. The van der Waals surface area contributed by atoms with Gasteiger partial charge in [0.15, 0.2) is 0 Å². The normalized spacial score (nSPS) is 21.2. The zero-order chi connectivity index (χ0) is 23.0. The van der Waals surface area contributed by atoms with Crippen LogP contribution in [0.2, 0.25) is 0 Å². The third kappa shape index (κ3) is 6.35. The summed E-state index contributed by atoms with van der Waals surface area (Å²) in [4.78, 5) is 25.5. The van der Waals surface area contributed by atoms with Gasteiger partial charge in [0.25, 0.3) is 5.91 Å². The maximum atomic E-state index is 13.4. The third-order valence-corrected chi connectivity index (χ3v) is 7.16. The van der Waals surface area contributed by atoms with Gasteiger partial charge in [-0.15, -0.1) is 0 Å². The number of nitrogens with one attached hydrogen (secondary N) is 2. The second-order valence-electron chi connectivity index (χ2n) is 9.41. The molecule has 4 rings (SSSR count). The van der Waals surface area contributed by atoms with E-state index in [4.69, 9.17) is 15.5 Å². The van der Waals surface area contributed by atoms with Gasteiger partial charge in [-0.1, -0.05) is 0 Å². The SMILES string of the molecule is CNc1nc(N2CCCOCC2)c(C(=O)NC2CCN(CCN3CCCC3)CC2)cc1CN. The number of amides is 1. The second kappa shape index (κ2) is 12.0. The van der Waals surface area contributed by atoms with Gasteiger partial charge in [-0.2, -0.15) is 0 Å². The first-order chi connectivity index (χ1) is 16.2. The number of likely N-dealkylation sites (tertiary alicyclic amines) is 2. The fraction of sp³-hybridized carbons (Fsp3) is 0.750. The highest BCUT2D eigenvalue weighted by Gasteiger charge is 2.26. The number of ether oxygens (including phenoxy) is 1. The number of hydrogen-bond acceptors (Lipinski definition) is 8. The molecule has 184 valence electrons.